The van der Waals surface area contributed by atoms with E-state index in [1.165, 1.54) is 12.1 Å². The number of alkyl halides is 3. The molecule has 0 saturated carbocycles. The number of benzene rings is 2. The van der Waals surface area contributed by atoms with E-state index < -0.39 is 29.9 Å². The molecule has 3 rings (SSSR count). The fraction of sp³-hybridized carbons (Fsp3) is 0.333. The SMILES string of the molecule is O=C(CN1CCOCC1)Nc1cc(C(O)C(=O)c2ccccc2)ccc1OC(F)(F)F. The molecule has 1 atom stereocenters. The maximum atomic E-state index is 12.8. The molecular formula is C21H21F3N2O5. The van der Waals surface area contributed by atoms with Gasteiger partial charge in [-0.1, -0.05) is 36.4 Å². The molecule has 2 aromatic carbocycles. The van der Waals surface area contributed by atoms with Crippen LogP contribution in [-0.4, -0.2) is 60.9 Å². The number of amides is 1. The summed E-state index contributed by atoms with van der Waals surface area (Å²) in [5.41, 5.74) is -0.0402. The Bertz CT molecular complexity index is 915. The van der Waals surface area contributed by atoms with E-state index in [2.05, 4.69) is 10.1 Å². The lowest BCUT2D eigenvalue weighted by Gasteiger charge is -2.26. The van der Waals surface area contributed by atoms with Crippen LogP contribution in [0.5, 0.6) is 5.75 Å². The Labute approximate surface area is 176 Å². The summed E-state index contributed by atoms with van der Waals surface area (Å²) in [7, 11) is 0. The number of anilines is 1. The van der Waals surface area contributed by atoms with Crippen molar-refractivity contribution in [3.8, 4) is 5.75 Å². The van der Waals surface area contributed by atoms with Gasteiger partial charge in [0, 0.05) is 18.7 Å². The predicted molar refractivity (Wildman–Crippen MR) is 105 cm³/mol. The van der Waals surface area contributed by atoms with Crippen LogP contribution in [0.15, 0.2) is 48.5 Å². The van der Waals surface area contributed by atoms with Crippen molar-refractivity contribution in [2.45, 2.75) is 12.5 Å². The molecule has 1 heterocycles. The van der Waals surface area contributed by atoms with Crippen molar-refractivity contribution in [1.82, 2.24) is 4.90 Å². The smallest absolute Gasteiger partial charge is 0.404 e. The maximum Gasteiger partial charge on any atom is 0.573 e. The number of nitrogens with one attached hydrogen (secondary N) is 1. The van der Waals surface area contributed by atoms with Gasteiger partial charge in [-0.3, -0.25) is 14.5 Å². The van der Waals surface area contributed by atoms with Crippen LogP contribution >= 0.6 is 0 Å². The summed E-state index contributed by atoms with van der Waals surface area (Å²) in [5, 5.41) is 12.8. The largest absolute Gasteiger partial charge is 0.573 e. The third-order valence-electron chi connectivity index (χ3n) is 4.60. The molecule has 0 aliphatic carbocycles. The second-order valence-corrected chi connectivity index (χ2v) is 6.87. The first kappa shape index (κ1) is 22.7. The topological polar surface area (TPSA) is 88.1 Å². The van der Waals surface area contributed by atoms with Crippen molar-refractivity contribution in [1.29, 1.82) is 0 Å². The lowest BCUT2D eigenvalue weighted by molar-refractivity contribution is -0.274. The van der Waals surface area contributed by atoms with Gasteiger partial charge in [0.1, 0.15) is 6.10 Å². The van der Waals surface area contributed by atoms with E-state index in [1.807, 2.05) is 0 Å². The fourth-order valence-corrected chi connectivity index (χ4v) is 3.09. The van der Waals surface area contributed by atoms with Gasteiger partial charge in [0.05, 0.1) is 25.4 Å². The Morgan fingerprint density at radius 2 is 1.81 bits per heavy atom. The van der Waals surface area contributed by atoms with E-state index in [1.54, 1.807) is 23.1 Å². The van der Waals surface area contributed by atoms with E-state index in [0.29, 0.717) is 26.3 Å². The third-order valence-corrected chi connectivity index (χ3v) is 4.60. The van der Waals surface area contributed by atoms with Crippen LogP contribution in [0.1, 0.15) is 22.0 Å². The standard InChI is InChI=1S/C21H21F3N2O5/c22-21(23,24)31-17-7-6-15(20(29)19(28)14-4-2-1-3-5-14)12-16(17)25-18(27)13-26-8-10-30-11-9-26/h1-7,12,20,29H,8-11,13H2,(H,25,27). The highest BCUT2D eigenvalue weighted by molar-refractivity contribution is 6.00. The van der Waals surface area contributed by atoms with E-state index in [-0.39, 0.29) is 23.4 Å². The number of ether oxygens (including phenoxy) is 2. The van der Waals surface area contributed by atoms with Crippen molar-refractivity contribution in [2.75, 3.05) is 38.2 Å². The van der Waals surface area contributed by atoms with E-state index >= 15 is 0 Å². The van der Waals surface area contributed by atoms with Gasteiger partial charge in [0.2, 0.25) is 5.91 Å². The third kappa shape index (κ3) is 6.51. The second kappa shape index (κ2) is 9.90. The number of rotatable bonds is 7. The highest BCUT2D eigenvalue weighted by Crippen LogP contribution is 2.33. The van der Waals surface area contributed by atoms with Crippen LogP contribution < -0.4 is 10.1 Å². The highest BCUT2D eigenvalue weighted by Gasteiger charge is 2.33. The van der Waals surface area contributed by atoms with Crippen molar-refractivity contribution in [3.63, 3.8) is 0 Å². The number of aliphatic hydroxyl groups excluding tert-OH is 1. The summed E-state index contributed by atoms with van der Waals surface area (Å²) in [6.07, 6.45) is -6.61. The average molecular weight is 438 g/mol. The molecule has 1 saturated heterocycles. The summed E-state index contributed by atoms with van der Waals surface area (Å²) in [6, 6.07) is 11.2. The first-order valence-electron chi connectivity index (χ1n) is 9.50. The minimum Gasteiger partial charge on any atom is -0.404 e. The summed E-state index contributed by atoms with van der Waals surface area (Å²) >= 11 is 0. The number of nitrogens with zero attached hydrogens (tertiary/aromatic N) is 1. The van der Waals surface area contributed by atoms with Gasteiger partial charge < -0.3 is 19.9 Å². The normalized spacial score (nSPS) is 15.9. The molecular weight excluding hydrogens is 417 g/mol. The molecule has 166 valence electrons. The van der Waals surface area contributed by atoms with Crippen LogP contribution in [0.25, 0.3) is 0 Å². The van der Waals surface area contributed by atoms with Crippen molar-refractivity contribution >= 4 is 17.4 Å². The van der Waals surface area contributed by atoms with Crippen LogP contribution in [0, 0.1) is 0 Å². The van der Waals surface area contributed by atoms with Gasteiger partial charge in [0.15, 0.2) is 11.5 Å². The zero-order valence-electron chi connectivity index (χ0n) is 16.4. The van der Waals surface area contributed by atoms with Crippen molar-refractivity contribution < 1.29 is 37.3 Å². The molecule has 10 heteroatoms. The van der Waals surface area contributed by atoms with Crippen molar-refractivity contribution in [3.05, 3.63) is 59.7 Å². The molecule has 1 aliphatic rings. The minimum atomic E-state index is -4.98. The zero-order chi connectivity index (χ0) is 22.4. The quantitative estimate of drug-likeness (QED) is 0.647. The number of hydrogen-bond donors (Lipinski definition) is 2. The number of ketones is 1. The molecule has 0 aromatic heterocycles. The van der Waals surface area contributed by atoms with Gasteiger partial charge in [-0.2, -0.15) is 0 Å². The van der Waals surface area contributed by atoms with Crippen LogP contribution in [0.4, 0.5) is 18.9 Å². The van der Waals surface area contributed by atoms with Gasteiger partial charge in [-0.05, 0) is 17.7 Å². The van der Waals surface area contributed by atoms with E-state index in [4.69, 9.17) is 4.74 Å². The number of halogens is 3. The molecule has 0 radical (unpaired) electrons. The lowest BCUT2D eigenvalue weighted by Crippen LogP contribution is -2.41. The highest BCUT2D eigenvalue weighted by atomic mass is 19.4. The fourth-order valence-electron chi connectivity index (χ4n) is 3.09. The average Bonchev–Trinajstić information content (AvgIpc) is 2.74. The number of carbonyl (C=O) groups is 2. The van der Waals surface area contributed by atoms with Gasteiger partial charge in [-0.25, -0.2) is 0 Å². The maximum absolute atomic E-state index is 12.8. The number of Topliss-reactive ketones (excluding diaryl/α,β-unsaturated/α-hetero) is 1. The van der Waals surface area contributed by atoms with Gasteiger partial charge in [0.25, 0.3) is 0 Å². The van der Waals surface area contributed by atoms with Gasteiger partial charge in [-0.15, -0.1) is 13.2 Å². The predicted octanol–water partition coefficient (Wildman–Crippen LogP) is 2.77. The molecule has 2 aromatic rings. The summed E-state index contributed by atoms with van der Waals surface area (Å²) in [5.74, 6) is -1.84. The minimum absolute atomic E-state index is 0.0186. The van der Waals surface area contributed by atoms with E-state index in [0.717, 1.165) is 18.2 Å². The molecule has 1 fully saturated rings. The van der Waals surface area contributed by atoms with Crippen LogP contribution in [0.2, 0.25) is 0 Å². The van der Waals surface area contributed by atoms with Gasteiger partial charge >= 0.3 is 6.36 Å². The van der Waals surface area contributed by atoms with Crippen molar-refractivity contribution in [2.24, 2.45) is 0 Å². The summed E-state index contributed by atoms with van der Waals surface area (Å²) in [4.78, 5) is 26.7. The number of hydrogen-bond acceptors (Lipinski definition) is 6. The molecule has 1 amide bonds. The number of carbonyl (C=O) groups excluding carboxylic acids is 2. The number of morpholine rings is 1. The Morgan fingerprint density at radius 1 is 1.13 bits per heavy atom. The Hall–Kier alpha value is -2.95. The summed E-state index contributed by atoms with van der Waals surface area (Å²) < 4.78 is 47.5. The molecule has 0 bridgehead atoms. The van der Waals surface area contributed by atoms with Crippen LogP contribution in [0.3, 0.4) is 0 Å². The first-order chi connectivity index (χ1) is 14.7. The molecule has 0 spiro atoms. The van der Waals surface area contributed by atoms with E-state index in [9.17, 15) is 27.9 Å². The second-order valence-electron chi connectivity index (χ2n) is 6.87. The Kier molecular flexibility index (Phi) is 7.26. The Morgan fingerprint density at radius 3 is 2.45 bits per heavy atom. The molecule has 7 nitrogen and oxygen atoms in total. The first-order valence-corrected chi connectivity index (χ1v) is 9.50. The molecule has 31 heavy (non-hydrogen) atoms. The Balaban J connectivity index is 1.81. The molecule has 2 N–H and O–H groups in total. The molecule has 1 aliphatic heterocycles. The molecule has 1 unspecified atom stereocenters. The monoisotopic (exact) mass is 438 g/mol. The lowest BCUT2D eigenvalue weighted by atomic mass is 9.99. The van der Waals surface area contributed by atoms with Crippen LogP contribution in [-0.2, 0) is 9.53 Å². The zero-order valence-corrected chi connectivity index (χ0v) is 16.4. The number of aliphatic hydroxyl groups is 1. The summed E-state index contributed by atoms with van der Waals surface area (Å²) in [6.45, 7) is 1.90.